The Morgan fingerprint density at radius 1 is 1.08 bits per heavy atom. The van der Waals surface area contributed by atoms with Gasteiger partial charge in [-0.1, -0.05) is 41.9 Å². The van der Waals surface area contributed by atoms with E-state index in [1.54, 1.807) is 24.3 Å². The van der Waals surface area contributed by atoms with Crippen molar-refractivity contribution in [2.45, 2.75) is 19.0 Å². The van der Waals surface area contributed by atoms with E-state index in [4.69, 9.17) is 16.3 Å². The number of carbonyl (C=O) groups excluding carboxylic acids is 1. The first-order chi connectivity index (χ1) is 12.6. The largest absolute Gasteiger partial charge is 0.379 e. The van der Waals surface area contributed by atoms with Crippen LogP contribution in [0.25, 0.3) is 0 Å². The SMILES string of the molecule is C[C@H](NC(=O)Nc1ccc(Cl)cc1)[C@@H](c1ccccc1)N1CCOCC1. The third kappa shape index (κ3) is 4.97. The Morgan fingerprint density at radius 2 is 1.73 bits per heavy atom. The van der Waals surface area contributed by atoms with E-state index < -0.39 is 0 Å². The third-order valence-electron chi connectivity index (χ3n) is 4.51. The van der Waals surface area contributed by atoms with Crippen molar-refractivity contribution in [2.24, 2.45) is 0 Å². The fourth-order valence-electron chi connectivity index (χ4n) is 3.31. The number of rotatable bonds is 5. The van der Waals surface area contributed by atoms with Crippen molar-refractivity contribution in [1.29, 1.82) is 0 Å². The summed E-state index contributed by atoms with van der Waals surface area (Å²) in [5.74, 6) is 0. The average molecular weight is 374 g/mol. The highest BCUT2D eigenvalue weighted by atomic mass is 35.5. The number of benzene rings is 2. The molecule has 2 aromatic carbocycles. The summed E-state index contributed by atoms with van der Waals surface area (Å²) in [4.78, 5) is 14.8. The minimum absolute atomic E-state index is 0.0669. The van der Waals surface area contributed by atoms with Gasteiger partial charge in [0.2, 0.25) is 0 Å². The third-order valence-corrected chi connectivity index (χ3v) is 4.77. The van der Waals surface area contributed by atoms with Crippen LogP contribution < -0.4 is 10.6 Å². The molecule has 2 aromatic rings. The molecule has 1 heterocycles. The fourth-order valence-corrected chi connectivity index (χ4v) is 3.43. The summed E-state index contributed by atoms with van der Waals surface area (Å²) in [5.41, 5.74) is 1.90. The summed E-state index contributed by atoms with van der Waals surface area (Å²) in [5, 5.41) is 6.57. The number of nitrogens with one attached hydrogen (secondary N) is 2. The molecular formula is C20H24ClN3O2. The number of halogens is 1. The lowest BCUT2D eigenvalue weighted by Gasteiger charge is -2.38. The summed E-state index contributed by atoms with van der Waals surface area (Å²) in [7, 11) is 0. The van der Waals surface area contributed by atoms with Crippen molar-refractivity contribution in [1.82, 2.24) is 10.2 Å². The molecule has 2 N–H and O–H groups in total. The van der Waals surface area contributed by atoms with Crippen LogP contribution in [-0.4, -0.2) is 43.3 Å². The molecule has 1 saturated heterocycles. The number of hydrogen-bond acceptors (Lipinski definition) is 3. The maximum Gasteiger partial charge on any atom is 0.319 e. The molecular weight excluding hydrogens is 350 g/mol. The number of amides is 2. The smallest absolute Gasteiger partial charge is 0.319 e. The molecule has 0 saturated carbocycles. The van der Waals surface area contributed by atoms with Crippen molar-refractivity contribution in [3.63, 3.8) is 0 Å². The zero-order valence-electron chi connectivity index (χ0n) is 14.8. The molecule has 0 radical (unpaired) electrons. The monoisotopic (exact) mass is 373 g/mol. The lowest BCUT2D eigenvalue weighted by Crippen LogP contribution is -2.49. The molecule has 2 amide bonds. The van der Waals surface area contributed by atoms with Gasteiger partial charge in [-0.05, 0) is 36.8 Å². The molecule has 26 heavy (non-hydrogen) atoms. The molecule has 0 unspecified atom stereocenters. The van der Waals surface area contributed by atoms with Gasteiger partial charge in [-0.3, -0.25) is 4.90 Å². The van der Waals surface area contributed by atoms with Gasteiger partial charge in [0.1, 0.15) is 0 Å². The van der Waals surface area contributed by atoms with Gasteiger partial charge in [0.25, 0.3) is 0 Å². The van der Waals surface area contributed by atoms with Crippen LogP contribution in [0.4, 0.5) is 10.5 Å². The highest BCUT2D eigenvalue weighted by Crippen LogP contribution is 2.25. The summed E-state index contributed by atoms with van der Waals surface area (Å²) >= 11 is 5.88. The molecule has 0 aliphatic carbocycles. The zero-order chi connectivity index (χ0) is 18.4. The molecule has 0 spiro atoms. The molecule has 5 nitrogen and oxygen atoms in total. The van der Waals surface area contributed by atoms with Crippen molar-refractivity contribution in [3.8, 4) is 0 Å². The summed E-state index contributed by atoms with van der Waals surface area (Å²) in [6, 6.07) is 17.1. The topological polar surface area (TPSA) is 53.6 Å². The number of urea groups is 1. The Kier molecular flexibility index (Phi) is 6.50. The molecule has 1 aliphatic heterocycles. The van der Waals surface area contributed by atoms with E-state index in [2.05, 4.69) is 27.7 Å². The molecule has 0 aromatic heterocycles. The number of ether oxygens (including phenoxy) is 1. The Balaban J connectivity index is 1.69. The summed E-state index contributed by atoms with van der Waals surface area (Å²) in [6.07, 6.45) is 0. The predicted octanol–water partition coefficient (Wildman–Crippen LogP) is 3.92. The van der Waals surface area contributed by atoms with E-state index in [0.29, 0.717) is 23.9 Å². The van der Waals surface area contributed by atoms with Gasteiger partial charge in [-0.2, -0.15) is 0 Å². The van der Waals surface area contributed by atoms with Gasteiger partial charge in [0, 0.05) is 29.8 Å². The first kappa shape index (κ1) is 18.7. The molecule has 138 valence electrons. The Morgan fingerprint density at radius 3 is 2.38 bits per heavy atom. The Labute approximate surface area is 159 Å². The second kappa shape index (κ2) is 9.03. The number of hydrogen-bond donors (Lipinski definition) is 2. The quantitative estimate of drug-likeness (QED) is 0.835. The minimum atomic E-state index is -0.228. The van der Waals surface area contributed by atoms with Crippen LogP contribution in [0.1, 0.15) is 18.5 Å². The Bertz CT molecular complexity index is 703. The van der Waals surface area contributed by atoms with Gasteiger partial charge >= 0.3 is 6.03 Å². The van der Waals surface area contributed by atoms with Gasteiger partial charge in [-0.25, -0.2) is 4.79 Å². The Hall–Kier alpha value is -2.08. The molecule has 3 rings (SSSR count). The van der Waals surface area contributed by atoms with Crippen molar-refractivity contribution in [3.05, 3.63) is 65.2 Å². The lowest BCUT2D eigenvalue weighted by molar-refractivity contribution is 0.00974. The van der Waals surface area contributed by atoms with Gasteiger partial charge in [0.05, 0.1) is 19.3 Å². The number of anilines is 1. The van der Waals surface area contributed by atoms with E-state index in [1.807, 2.05) is 25.1 Å². The first-order valence-electron chi connectivity index (χ1n) is 8.83. The van der Waals surface area contributed by atoms with E-state index in [9.17, 15) is 4.79 Å². The van der Waals surface area contributed by atoms with Gasteiger partial charge < -0.3 is 15.4 Å². The molecule has 1 fully saturated rings. The van der Waals surface area contributed by atoms with E-state index in [1.165, 1.54) is 5.56 Å². The second-order valence-corrected chi connectivity index (χ2v) is 6.83. The van der Waals surface area contributed by atoms with Crippen LogP contribution in [0.2, 0.25) is 5.02 Å². The maximum absolute atomic E-state index is 12.4. The highest BCUT2D eigenvalue weighted by molar-refractivity contribution is 6.30. The number of nitrogens with zero attached hydrogens (tertiary/aromatic N) is 1. The van der Waals surface area contributed by atoms with E-state index in [0.717, 1.165) is 13.1 Å². The normalized spacial score (nSPS) is 17.3. The van der Waals surface area contributed by atoms with Crippen LogP contribution in [-0.2, 0) is 4.74 Å². The average Bonchev–Trinajstić information content (AvgIpc) is 2.65. The lowest BCUT2D eigenvalue weighted by atomic mass is 9.98. The summed E-state index contributed by atoms with van der Waals surface area (Å²) < 4.78 is 5.48. The highest BCUT2D eigenvalue weighted by Gasteiger charge is 2.28. The van der Waals surface area contributed by atoms with Crippen molar-refractivity contribution < 1.29 is 9.53 Å². The summed E-state index contributed by atoms with van der Waals surface area (Å²) in [6.45, 7) is 5.17. The van der Waals surface area contributed by atoms with Crippen LogP contribution in [0.5, 0.6) is 0 Å². The maximum atomic E-state index is 12.4. The molecule has 1 aliphatic rings. The number of morpholine rings is 1. The van der Waals surface area contributed by atoms with Crippen LogP contribution in [0, 0.1) is 0 Å². The number of carbonyl (C=O) groups is 1. The zero-order valence-corrected chi connectivity index (χ0v) is 15.6. The fraction of sp³-hybridized carbons (Fsp3) is 0.350. The minimum Gasteiger partial charge on any atom is -0.379 e. The van der Waals surface area contributed by atoms with Crippen molar-refractivity contribution >= 4 is 23.3 Å². The van der Waals surface area contributed by atoms with Crippen LogP contribution in [0.15, 0.2) is 54.6 Å². The van der Waals surface area contributed by atoms with Gasteiger partial charge in [0.15, 0.2) is 0 Å². The van der Waals surface area contributed by atoms with Crippen molar-refractivity contribution in [2.75, 3.05) is 31.6 Å². The van der Waals surface area contributed by atoms with E-state index in [-0.39, 0.29) is 18.1 Å². The molecule has 2 atom stereocenters. The van der Waals surface area contributed by atoms with Crippen LogP contribution in [0.3, 0.4) is 0 Å². The van der Waals surface area contributed by atoms with Crippen LogP contribution >= 0.6 is 11.6 Å². The van der Waals surface area contributed by atoms with Gasteiger partial charge in [-0.15, -0.1) is 0 Å². The van der Waals surface area contributed by atoms with E-state index >= 15 is 0 Å². The standard InChI is InChI=1S/C20H24ClN3O2/c1-15(22-20(25)23-18-9-7-17(21)8-10-18)19(16-5-3-2-4-6-16)24-11-13-26-14-12-24/h2-10,15,19H,11-14H2,1H3,(H2,22,23,25)/t15-,19-/m0/s1. The first-order valence-corrected chi connectivity index (χ1v) is 9.21. The predicted molar refractivity (Wildman–Crippen MR) is 105 cm³/mol. The molecule has 0 bridgehead atoms. The second-order valence-electron chi connectivity index (χ2n) is 6.40. The molecule has 6 heteroatoms.